The van der Waals surface area contributed by atoms with Crippen molar-refractivity contribution in [3.8, 4) is 6.07 Å². The van der Waals surface area contributed by atoms with Crippen LogP contribution in [0.5, 0.6) is 0 Å². The van der Waals surface area contributed by atoms with E-state index in [2.05, 4.69) is 6.07 Å². The van der Waals surface area contributed by atoms with Gasteiger partial charge in [0.1, 0.15) is 0 Å². The molecule has 0 aliphatic carbocycles. The van der Waals surface area contributed by atoms with Crippen LogP contribution in [0.25, 0.3) is 0 Å². The standard InChI is InChI=1S/C24H24N2O3/c1-16(2)29-24(28)23-17(3)26(15-19-9-7-8-18(12-19)14-25)22(27)13-21(23)20-10-5-4-6-11-20/h4-12,16,21H,13,15H2,1-3H3. The number of carbonyl (C=O) groups is 2. The van der Waals surface area contributed by atoms with E-state index in [4.69, 9.17) is 10.00 Å². The van der Waals surface area contributed by atoms with Crippen LogP contribution in [0.3, 0.4) is 0 Å². The Balaban J connectivity index is 2.02. The Hall–Kier alpha value is -3.39. The van der Waals surface area contributed by atoms with Crippen molar-refractivity contribution in [3.63, 3.8) is 0 Å². The van der Waals surface area contributed by atoms with Gasteiger partial charge < -0.3 is 9.64 Å². The third-order valence-electron chi connectivity index (χ3n) is 4.98. The summed E-state index contributed by atoms with van der Waals surface area (Å²) in [6.07, 6.45) is -0.0560. The van der Waals surface area contributed by atoms with Crippen LogP contribution in [0.15, 0.2) is 65.9 Å². The molecule has 1 aliphatic heterocycles. The van der Waals surface area contributed by atoms with E-state index in [1.807, 2.05) is 50.2 Å². The number of allylic oxidation sites excluding steroid dienone is 1. The molecule has 0 fully saturated rings. The minimum Gasteiger partial charge on any atom is -0.460 e. The molecule has 1 amide bonds. The Morgan fingerprint density at radius 2 is 1.93 bits per heavy atom. The number of amides is 1. The van der Waals surface area contributed by atoms with Crippen molar-refractivity contribution in [2.24, 2.45) is 0 Å². The number of ether oxygens (including phenoxy) is 1. The van der Waals surface area contributed by atoms with Crippen LogP contribution in [0.4, 0.5) is 0 Å². The Kier molecular flexibility index (Phi) is 6.13. The fourth-order valence-electron chi connectivity index (χ4n) is 3.64. The van der Waals surface area contributed by atoms with Crippen molar-refractivity contribution < 1.29 is 14.3 Å². The smallest absolute Gasteiger partial charge is 0.336 e. The molecule has 29 heavy (non-hydrogen) atoms. The highest BCUT2D eigenvalue weighted by Gasteiger charge is 2.37. The predicted octanol–water partition coefficient (Wildman–Crippen LogP) is 4.30. The van der Waals surface area contributed by atoms with E-state index in [1.165, 1.54) is 0 Å². The van der Waals surface area contributed by atoms with Crippen LogP contribution in [-0.4, -0.2) is 22.9 Å². The first-order valence-corrected chi connectivity index (χ1v) is 9.66. The van der Waals surface area contributed by atoms with Gasteiger partial charge in [-0.15, -0.1) is 0 Å². The van der Waals surface area contributed by atoms with Gasteiger partial charge in [-0.3, -0.25) is 4.79 Å². The van der Waals surface area contributed by atoms with Crippen LogP contribution in [0.2, 0.25) is 0 Å². The highest BCUT2D eigenvalue weighted by Crippen LogP contribution is 2.37. The van der Waals surface area contributed by atoms with E-state index >= 15 is 0 Å². The van der Waals surface area contributed by atoms with Crippen molar-refractivity contribution >= 4 is 11.9 Å². The lowest BCUT2D eigenvalue weighted by molar-refractivity contribution is -0.143. The Bertz CT molecular complexity index is 987. The van der Waals surface area contributed by atoms with Gasteiger partial charge in [0.25, 0.3) is 0 Å². The van der Waals surface area contributed by atoms with Gasteiger partial charge in [0, 0.05) is 18.0 Å². The number of benzene rings is 2. The van der Waals surface area contributed by atoms with Gasteiger partial charge in [-0.1, -0.05) is 42.5 Å². The molecule has 2 aromatic carbocycles. The average molecular weight is 388 g/mol. The van der Waals surface area contributed by atoms with Crippen molar-refractivity contribution in [1.29, 1.82) is 5.26 Å². The number of hydrogen-bond acceptors (Lipinski definition) is 4. The van der Waals surface area contributed by atoms with E-state index in [-0.39, 0.29) is 24.3 Å². The molecule has 0 bridgehead atoms. The maximum absolute atomic E-state index is 13.0. The SMILES string of the molecule is CC1=C(C(=O)OC(C)C)C(c2ccccc2)CC(=O)N1Cc1cccc(C#N)c1. The van der Waals surface area contributed by atoms with E-state index < -0.39 is 5.97 Å². The Labute approximate surface area is 171 Å². The van der Waals surface area contributed by atoms with E-state index in [0.717, 1.165) is 11.1 Å². The van der Waals surface area contributed by atoms with Crippen LogP contribution in [-0.2, 0) is 20.9 Å². The summed E-state index contributed by atoms with van der Waals surface area (Å²) in [5.41, 5.74) is 3.41. The van der Waals surface area contributed by atoms with E-state index in [1.54, 1.807) is 30.0 Å². The molecule has 0 N–H and O–H groups in total. The van der Waals surface area contributed by atoms with Crippen molar-refractivity contribution in [3.05, 3.63) is 82.6 Å². The summed E-state index contributed by atoms with van der Waals surface area (Å²) in [6.45, 7) is 5.72. The first kappa shape index (κ1) is 20.3. The topological polar surface area (TPSA) is 70.4 Å². The van der Waals surface area contributed by atoms with Gasteiger partial charge in [0.15, 0.2) is 0 Å². The number of hydrogen-bond donors (Lipinski definition) is 0. The normalized spacial score (nSPS) is 16.7. The van der Waals surface area contributed by atoms with Crippen molar-refractivity contribution in [2.45, 2.75) is 45.8 Å². The van der Waals surface area contributed by atoms with Gasteiger partial charge in [0.05, 0.1) is 29.9 Å². The van der Waals surface area contributed by atoms with Crippen LogP contribution >= 0.6 is 0 Å². The summed E-state index contributed by atoms with van der Waals surface area (Å²) in [6, 6.07) is 18.8. The molecule has 5 nitrogen and oxygen atoms in total. The van der Waals surface area contributed by atoms with Crippen molar-refractivity contribution in [2.75, 3.05) is 0 Å². The third-order valence-corrected chi connectivity index (χ3v) is 4.98. The molecule has 0 saturated carbocycles. The molecule has 2 aromatic rings. The second-order valence-corrected chi connectivity index (χ2v) is 7.41. The second-order valence-electron chi connectivity index (χ2n) is 7.41. The minimum atomic E-state index is -0.394. The molecule has 1 unspecified atom stereocenters. The number of carbonyl (C=O) groups excluding carboxylic acids is 2. The minimum absolute atomic E-state index is 0.0557. The molecule has 0 radical (unpaired) electrons. The summed E-state index contributed by atoms with van der Waals surface area (Å²) >= 11 is 0. The predicted molar refractivity (Wildman–Crippen MR) is 109 cm³/mol. The Morgan fingerprint density at radius 1 is 1.21 bits per heavy atom. The van der Waals surface area contributed by atoms with Gasteiger partial charge >= 0.3 is 5.97 Å². The highest BCUT2D eigenvalue weighted by molar-refractivity contribution is 5.96. The summed E-state index contributed by atoms with van der Waals surface area (Å²) in [5, 5.41) is 9.13. The fraction of sp³-hybridized carbons (Fsp3) is 0.292. The van der Waals surface area contributed by atoms with Crippen LogP contribution < -0.4 is 0 Å². The van der Waals surface area contributed by atoms with Gasteiger partial charge in [-0.2, -0.15) is 5.26 Å². The first-order chi connectivity index (χ1) is 13.9. The molecule has 1 atom stereocenters. The van der Waals surface area contributed by atoms with Crippen molar-refractivity contribution in [1.82, 2.24) is 4.90 Å². The lowest BCUT2D eigenvalue weighted by atomic mass is 9.83. The average Bonchev–Trinajstić information content (AvgIpc) is 2.70. The summed E-state index contributed by atoms with van der Waals surface area (Å²) < 4.78 is 5.50. The lowest BCUT2D eigenvalue weighted by Gasteiger charge is -2.34. The second kappa shape index (κ2) is 8.74. The molecular weight excluding hydrogens is 364 g/mol. The quantitative estimate of drug-likeness (QED) is 0.716. The molecular formula is C24H24N2O3. The number of nitrogens with zero attached hydrogens (tertiary/aromatic N) is 2. The molecule has 0 spiro atoms. The molecule has 148 valence electrons. The van der Waals surface area contributed by atoms with Gasteiger partial charge in [-0.25, -0.2) is 4.79 Å². The summed E-state index contributed by atoms with van der Waals surface area (Å²) in [5.74, 6) is -0.786. The number of esters is 1. The molecule has 5 heteroatoms. The highest BCUT2D eigenvalue weighted by atomic mass is 16.5. The third kappa shape index (κ3) is 4.55. The first-order valence-electron chi connectivity index (χ1n) is 9.66. The lowest BCUT2D eigenvalue weighted by Crippen LogP contribution is -2.38. The molecule has 3 rings (SSSR count). The molecule has 1 heterocycles. The van der Waals surface area contributed by atoms with Gasteiger partial charge in [0.2, 0.25) is 5.91 Å². The molecule has 1 aliphatic rings. The Morgan fingerprint density at radius 3 is 2.59 bits per heavy atom. The number of rotatable bonds is 5. The molecule has 0 aromatic heterocycles. The zero-order valence-electron chi connectivity index (χ0n) is 16.9. The fourth-order valence-corrected chi connectivity index (χ4v) is 3.64. The zero-order chi connectivity index (χ0) is 21.0. The maximum atomic E-state index is 13.0. The summed E-state index contributed by atoms with van der Waals surface area (Å²) in [4.78, 5) is 27.6. The van der Waals surface area contributed by atoms with E-state index in [9.17, 15) is 9.59 Å². The largest absolute Gasteiger partial charge is 0.460 e. The zero-order valence-corrected chi connectivity index (χ0v) is 16.9. The van der Waals surface area contributed by atoms with Gasteiger partial charge in [-0.05, 0) is 44.0 Å². The van der Waals surface area contributed by atoms with Crippen LogP contribution in [0, 0.1) is 11.3 Å². The molecule has 0 saturated heterocycles. The maximum Gasteiger partial charge on any atom is 0.336 e. The van der Waals surface area contributed by atoms with E-state index in [0.29, 0.717) is 23.4 Å². The number of nitriles is 1. The summed E-state index contributed by atoms with van der Waals surface area (Å²) in [7, 11) is 0. The monoisotopic (exact) mass is 388 g/mol. The van der Waals surface area contributed by atoms with Crippen LogP contribution in [0.1, 0.15) is 49.8 Å².